The smallest absolute Gasteiger partial charge is 0.274 e. The van der Waals surface area contributed by atoms with E-state index in [-0.39, 0.29) is 64.6 Å². The van der Waals surface area contributed by atoms with Crippen LogP contribution in [0.3, 0.4) is 0 Å². The van der Waals surface area contributed by atoms with E-state index < -0.39 is 84.6 Å². The summed E-state index contributed by atoms with van der Waals surface area (Å²) < 4.78 is 61.2. The van der Waals surface area contributed by atoms with Crippen LogP contribution in [0.1, 0.15) is 118 Å². The van der Waals surface area contributed by atoms with Gasteiger partial charge in [0.05, 0.1) is 39.6 Å². The second-order valence-corrected chi connectivity index (χ2v) is 28.1. The number of nitrogens with two attached hydrogens (primary N) is 1. The summed E-state index contributed by atoms with van der Waals surface area (Å²) in [6.45, 7) is 9.06. The maximum atomic E-state index is 13.0. The molecule has 2 unspecified atom stereocenters. The molecule has 78 heavy (non-hydrogen) atoms. The minimum absolute atomic E-state index is 0.0238. The number of aliphatic hydroxyl groups is 4. The number of nitrogens with zero attached hydrogens (tertiary/aromatic N) is 4. The highest BCUT2D eigenvalue weighted by Gasteiger charge is 2.63. The van der Waals surface area contributed by atoms with Gasteiger partial charge in [-0.1, -0.05) is 52.5 Å². The van der Waals surface area contributed by atoms with Gasteiger partial charge in [-0.05, 0) is 123 Å². The Morgan fingerprint density at radius 3 is 2.38 bits per heavy atom. The van der Waals surface area contributed by atoms with Gasteiger partial charge in [0.15, 0.2) is 17.7 Å². The maximum absolute atomic E-state index is 13.0. The van der Waals surface area contributed by atoms with Gasteiger partial charge < -0.3 is 79.2 Å². The van der Waals surface area contributed by atoms with Gasteiger partial charge in [0, 0.05) is 30.7 Å². The summed E-state index contributed by atoms with van der Waals surface area (Å²) in [5, 5.41) is 48.5. The van der Waals surface area contributed by atoms with E-state index in [0.29, 0.717) is 46.8 Å². The number of rotatable bonds is 24. The Bertz CT molecular complexity index is 2660. The van der Waals surface area contributed by atoms with E-state index in [1.165, 1.54) is 13.8 Å². The van der Waals surface area contributed by atoms with Crippen LogP contribution >= 0.6 is 35.2 Å². The number of hydrogen-bond acceptors (Lipinski definition) is 24. The Morgan fingerprint density at radius 2 is 1.67 bits per heavy atom. The van der Waals surface area contributed by atoms with Crippen molar-refractivity contribution < 1.29 is 90.7 Å². The maximum Gasteiger partial charge on any atom is 0.274 e. The minimum atomic E-state index is -5.94. The zero-order valence-corrected chi connectivity index (χ0v) is 48.1. The number of imidazole rings is 1. The van der Waals surface area contributed by atoms with Crippen molar-refractivity contribution >= 4 is 69.1 Å². The minimum Gasteiger partial charge on any atom is -0.790 e. The van der Waals surface area contributed by atoms with Crippen LogP contribution in [-0.2, 0) is 50.7 Å². The van der Waals surface area contributed by atoms with Gasteiger partial charge in [0.2, 0.25) is 16.9 Å². The van der Waals surface area contributed by atoms with Crippen molar-refractivity contribution in [2.45, 2.75) is 155 Å². The number of allylic oxidation sites excluding steroid dienone is 1. The number of thioether (sulfide) groups is 1. The van der Waals surface area contributed by atoms with Crippen LogP contribution in [-0.4, -0.2) is 126 Å². The normalized spacial score (nSPS) is 33.7. The molecule has 4 saturated carbocycles. The zero-order chi connectivity index (χ0) is 57.3. The lowest BCUT2D eigenvalue weighted by molar-refractivity contribution is -0.347. The van der Waals surface area contributed by atoms with Crippen molar-refractivity contribution in [3.05, 3.63) is 24.3 Å². The Balaban J connectivity index is 0.775. The number of nitrogen functional groups attached to an aromatic ring is 1. The van der Waals surface area contributed by atoms with E-state index in [1.807, 2.05) is 6.08 Å². The molecule has 0 radical (unpaired) electrons. The van der Waals surface area contributed by atoms with Crippen molar-refractivity contribution in [1.82, 2.24) is 30.2 Å². The average molecular weight is 1180 g/mol. The molecule has 1 saturated heterocycles. The summed E-state index contributed by atoms with van der Waals surface area (Å²) >= 11 is 1.08. The van der Waals surface area contributed by atoms with Crippen molar-refractivity contribution in [2.75, 3.05) is 37.8 Å². The highest BCUT2D eigenvalue weighted by Crippen LogP contribution is 2.68. The number of fused-ring (bicyclic) bond motifs is 6. The molecule has 440 valence electrons. The van der Waals surface area contributed by atoms with Crippen molar-refractivity contribution in [3.8, 4) is 0 Å². The molecular formula is C48H74N7O19P3S-4. The van der Waals surface area contributed by atoms with E-state index in [4.69, 9.17) is 10.5 Å². The molecule has 2 amide bonds. The number of phosphoric acid groups is 3. The number of aliphatic hydroxyl groups excluding tert-OH is 4. The monoisotopic (exact) mass is 1180 g/mol. The Kier molecular flexibility index (Phi) is 20.1. The first kappa shape index (κ1) is 62.8. The summed E-state index contributed by atoms with van der Waals surface area (Å²) in [7, 11) is -17.7. The third-order valence-electron chi connectivity index (χ3n) is 17.5. The van der Waals surface area contributed by atoms with Crippen LogP contribution in [0.25, 0.3) is 11.2 Å². The van der Waals surface area contributed by atoms with E-state index in [2.05, 4.69) is 64.2 Å². The van der Waals surface area contributed by atoms with Crippen molar-refractivity contribution in [3.63, 3.8) is 0 Å². The molecule has 0 aromatic carbocycles. The molecule has 30 heteroatoms. The number of nitrogens with one attached hydrogen (secondary N) is 2. The molecule has 26 nitrogen and oxygen atoms in total. The summed E-state index contributed by atoms with van der Waals surface area (Å²) in [4.78, 5) is 98.3. The van der Waals surface area contributed by atoms with Gasteiger partial charge in [-0.25, -0.2) is 19.3 Å². The molecule has 2 aromatic rings. The SMILES string of the molecule is C/C(=C\CC[C@@H](C)[C@H]1CC[C@H]2[C@@H]3[C@H](O)C[C@@H]4C[C@H](O)CC[C@]4(C)[C@H]3CC[C@]12C)C(=O)SCCNC(=O)CCNC(=O)[C@H](O)C(C)(C)COP(=O)([O-])OP(=O)([O-])OC[C@H]1O[C@@H](n2cnc3c(N)ncnc32)[C@H](O)[C@@H]1OP(=O)([O-])[O-]. The third-order valence-corrected chi connectivity index (χ3v) is 21.5. The van der Waals surface area contributed by atoms with Gasteiger partial charge in [0.1, 0.15) is 36.3 Å². The topological polar surface area (TPSA) is 415 Å². The first-order valence-corrected chi connectivity index (χ1v) is 31.7. The number of carbonyl (C=O) groups is 3. The van der Waals surface area contributed by atoms with Gasteiger partial charge in [0.25, 0.3) is 15.6 Å². The van der Waals surface area contributed by atoms with Crippen LogP contribution in [0.2, 0.25) is 0 Å². The molecule has 4 aliphatic carbocycles. The number of carbonyl (C=O) groups excluding carboxylic acids is 3. The quantitative estimate of drug-likeness (QED) is 0.0445. The number of ether oxygens (including phenoxy) is 1. The van der Waals surface area contributed by atoms with Gasteiger partial charge in [-0.15, -0.1) is 0 Å². The van der Waals surface area contributed by atoms with Crippen LogP contribution in [0.4, 0.5) is 5.82 Å². The fraction of sp³-hybridized carbons (Fsp3) is 0.792. The molecule has 17 atom stereocenters. The lowest BCUT2D eigenvalue weighted by Gasteiger charge is -2.62. The predicted molar refractivity (Wildman–Crippen MR) is 273 cm³/mol. The number of amides is 2. The van der Waals surface area contributed by atoms with Gasteiger partial charge in [-0.3, -0.25) is 28.1 Å². The number of hydrogen-bond donors (Lipinski definition) is 7. The van der Waals surface area contributed by atoms with Crippen molar-refractivity contribution in [2.24, 2.45) is 51.8 Å². The second kappa shape index (κ2) is 25.0. The highest BCUT2D eigenvalue weighted by atomic mass is 32.2. The molecule has 8 N–H and O–H groups in total. The molecule has 2 aromatic heterocycles. The zero-order valence-electron chi connectivity index (χ0n) is 44.6. The molecule has 0 bridgehead atoms. The largest absolute Gasteiger partial charge is 0.790 e. The second-order valence-electron chi connectivity index (χ2n) is 23.0. The first-order valence-electron chi connectivity index (χ1n) is 26.4. The van der Waals surface area contributed by atoms with E-state index in [1.54, 1.807) is 6.92 Å². The number of anilines is 1. The van der Waals surface area contributed by atoms with E-state index >= 15 is 0 Å². The Hall–Kier alpha value is -2.78. The van der Waals surface area contributed by atoms with Crippen LogP contribution in [0.15, 0.2) is 24.3 Å². The summed E-state index contributed by atoms with van der Waals surface area (Å²) in [6, 6.07) is 0. The standard InChI is InChI=1S/C48H78N7O19P3S/c1-26(30-10-11-31-36-32(13-16-48(30,31)6)47(5)15-12-29(56)20-28(47)21-33(36)57)8-7-9-27(2)45(62)78-19-18-50-35(58)14-17-51-43(61)40(60)46(3,4)23-71-77(68,69)74-76(66,67)70-22-34-39(73-75(63,64)65)38(59)44(72-34)55-25-54-37-41(49)52-24-53-42(37)55/h9,24-26,28-34,36,38-40,44,56-57,59-60H,7-8,10-23H2,1-6H3,(H,50,58)(H,51,61)(H,66,67)(H,68,69)(H2,49,52,53)(H2,63,64,65)/p-4/b27-9+/t26-,28+,29-,30-,31+,32+,33-,34-,36+,38-,39-,40+,44-,47+,48-/m1/s1. The lowest BCUT2D eigenvalue weighted by Crippen LogP contribution is -2.58. The van der Waals surface area contributed by atoms with Crippen LogP contribution in [0, 0.1) is 51.8 Å². The van der Waals surface area contributed by atoms with E-state index in [0.717, 1.165) is 93.2 Å². The summed E-state index contributed by atoms with van der Waals surface area (Å²) in [5.41, 5.74) is 5.06. The molecule has 7 rings (SSSR count). The van der Waals surface area contributed by atoms with Gasteiger partial charge >= 0.3 is 0 Å². The summed E-state index contributed by atoms with van der Waals surface area (Å²) in [6.07, 6.45) is 3.54. The number of aromatic nitrogens is 4. The third kappa shape index (κ3) is 14.5. The number of phosphoric ester groups is 3. The highest BCUT2D eigenvalue weighted by molar-refractivity contribution is 8.14. The molecule has 3 heterocycles. The van der Waals surface area contributed by atoms with Crippen LogP contribution in [0.5, 0.6) is 0 Å². The Labute approximate surface area is 457 Å². The predicted octanol–water partition coefficient (Wildman–Crippen LogP) is 1.49. The average Bonchev–Trinajstić information content (AvgIpc) is 4.21. The first-order chi connectivity index (χ1) is 36.4. The lowest BCUT2D eigenvalue weighted by atomic mass is 9.43. The Morgan fingerprint density at radius 1 is 0.974 bits per heavy atom. The molecule has 5 fully saturated rings. The van der Waals surface area contributed by atoms with E-state index in [9.17, 15) is 68.1 Å². The fourth-order valence-corrected chi connectivity index (χ4v) is 16.8. The van der Waals surface area contributed by atoms with Crippen LogP contribution < -0.4 is 35.9 Å². The fourth-order valence-electron chi connectivity index (χ4n) is 13.4. The molecule has 1 aliphatic heterocycles. The molecular weight excluding hydrogens is 1100 g/mol. The summed E-state index contributed by atoms with van der Waals surface area (Å²) in [5.74, 6) is 1.42. The van der Waals surface area contributed by atoms with Crippen molar-refractivity contribution in [1.29, 1.82) is 0 Å². The molecule has 0 spiro atoms. The van der Waals surface area contributed by atoms with Gasteiger partial charge in [-0.2, -0.15) is 0 Å². The molecule has 5 aliphatic rings.